The number of hydrogen-bond donors (Lipinski definition) is 0. The van der Waals surface area contributed by atoms with Gasteiger partial charge in [-0.25, -0.2) is 0 Å². The molecule has 3 aliphatic rings. The van der Waals surface area contributed by atoms with Crippen molar-refractivity contribution in [3.05, 3.63) is 0 Å². The van der Waals surface area contributed by atoms with Crippen LogP contribution in [0.15, 0.2) is 0 Å². The predicted octanol–water partition coefficient (Wildman–Crippen LogP) is 2.07. The monoisotopic (exact) mass is 188 g/mol. The zero-order chi connectivity index (χ0) is 9.97. The van der Waals surface area contributed by atoms with Crippen molar-refractivity contribution in [1.29, 1.82) is 0 Å². The van der Waals surface area contributed by atoms with E-state index in [2.05, 4.69) is 21.6 Å². The molecule has 0 saturated heterocycles. The van der Waals surface area contributed by atoms with Gasteiger partial charge in [-0.3, -0.25) is 0 Å². The van der Waals surface area contributed by atoms with E-state index in [4.69, 9.17) is 0 Å². The molecule has 3 fully saturated rings. The van der Waals surface area contributed by atoms with Gasteiger partial charge in [0.25, 0.3) is 0 Å². The Morgan fingerprint density at radius 3 is 2.57 bits per heavy atom. The van der Waals surface area contributed by atoms with Gasteiger partial charge in [0.15, 0.2) is 0 Å². The van der Waals surface area contributed by atoms with Crippen LogP contribution in [0.25, 0.3) is 0 Å². The second-order valence-electron chi connectivity index (χ2n) is 6.88. The Balaban J connectivity index is 1.73. The van der Waals surface area contributed by atoms with Gasteiger partial charge in [-0.15, -0.1) is 0 Å². The molecule has 0 aromatic carbocycles. The molecule has 5 atom stereocenters. The molecule has 0 radical (unpaired) electrons. The Bertz CT molecular complexity index is 261. The Kier molecular flexibility index (Phi) is 1.76. The van der Waals surface area contributed by atoms with Crippen molar-refractivity contribution >= 4 is 15.1 Å². The molecule has 0 aliphatic heterocycles. The van der Waals surface area contributed by atoms with Crippen LogP contribution < -0.4 is 0 Å². The molecule has 0 heterocycles. The molecule has 3 aliphatic carbocycles. The molecule has 0 aromatic rings. The van der Waals surface area contributed by atoms with Gasteiger partial charge in [0.1, 0.15) is 7.28 Å². The molecule has 0 bridgehead atoms. The molecule has 3 rings (SSSR count). The van der Waals surface area contributed by atoms with Crippen LogP contribution in [-0.2, 0) is 0 Å². The Labute approximate surface area is 89.9 Å². The van der Waals surface area contributed by atoms with Crippen LogP contribution >= 0.6 is 0 Å². The van der Waals surface area contributed by atoms with Gasteiger partial charge in [0.05, 0.1) is 7.85 Å². The SMILES string of the molecule is BC(C)(BC)C1CC2CCC23CC3C1. The summed E-state index contributed by atoms with van der Waals surface area (Å²) >= 11 is 0. The van der Waals surface area contributed by atoms with Crippen molar-refractivity contribution in [3.8, 4) is 0 Å². The lowest BCUT2D eigenvalue weighted by atomic mass is 9.37. The van der Waals surface area contributed by atoms with E-state index in [1.165, 1.54) is 7.28 Å². The van der Waals surface area contributed by atoms with E-state index in [1.54, 1.807) is 32.1 Å². The Hall–Kier alpha value is 0.130. The van der Waals surface area contributed by atoms with E-state index in [9.17, 15) is 0 Å². The van der Waals surface area contributed by atoms with E-state index >= 15 is 0 Å². The van der Waals surface area contributed by atoms with E-state index in [1.807, 2.05) is 0 Å². The van der Waals surface area contributed by atoms with Crippen molar-refractivity contribution in [2.45, 2.75) is 51.1 Å². The van der Waals surface area contributed by atoms with Crippen molar-refractivity contribution in [3.63, 3.8) is 0 Å². The largest absolute Gasteiger partial charge is 0.115 e. The quantitative estimate of drug-likeness (QED) is 0.581. The molecule has 0 aromatic heterocycles. The molecular formula is C12H22B2. The Morgan fingerprint density at radius 1 is 1.36 bits per heavy atom. The lowest BCUT2D eigenvalue weighted by Crippen LogP contribution is -2.40. The lowest BCUT2D eigenvalue weighted by molar-refractivity contribution is 0.0535. The highest BCUT2D eigenvalue weighted by Gasteiger charge is 2.66. The molecule has 14 heavy (non-hydrogen) atoms. The topological polar surface area (TPSA) is 0 Å². The summed E-state index contributed by atoms with van der Waals surface area (Å²) in [4.78, 5) is 0. The molecule has 0 N–H and O–H groups in total. The first kappa shape index (κ1) is 9.36. The first-order valence-corrected chi connectivity index (χ1v) is 6.58. The highest BCUT2D eigenvalue weighted by atomic mass is 14.7. The van der Waals surface area contributed by atoms with Crippen LogP contribution in [0.1, 0.15) is 39.0 Å². The fourth-order valence-electron chi connectivity index (χ4n) is 4.31. The van der Waals surface area contributed by atoms with Crippen LogP contribution in [0.2, 0.25) is 12.0 Å². The summed E-state index contributed by atoms with van der Waals surface area (Å²) in [5, 5.41) is 0.615. The van der Waals surface area contributed by atoms with Crippen LogP contribution in [0, 0.1) is 23.2 Å². The van der Waals surface area contributed by atoms with Crippen molar-refractivity contribution < 1.29 is 0 Å². The van der Waals surface area contributed by atoms with E-state index < -0.39 is 0 Å². The molecule has 1 spiro atoms. The van der Waals surface area contributed by atoms with Crippen molar-refractivity contribution in [2.24, 2.45) is 23.2 Å². The van der Waals surface area contributed by atoms with E-state index in [0.29, 0.717) is 5.21 Å². The normalized spacial score (nSPS) is 53.4. The maximum atomic E-state index is 2.49. The van der Waals surface area contributed by atoms with Gasteiger partial charge < -0.3 is 0 Å². The molecule has 2 heteroatoms. The van der Waals surface area contributed by atoms with Gasteiger partial charge in [0.2, 0.25) is 0 Å². The zero-order valence-electron chi connectivity index (χ0n) is 9.97. The summed E-state index contributed by atoms with van der Waals surface area (Å²) < 4.78 is 0. The first-order chi connectivity index (χ1) is 6.58. The minimum atomic E-state index is 0.615. The van der Waals surface area contributed by atoms with Crippen molar-refractivity contribution in [2.75, 3.05) is 0 Å². The van der Waals surface area contributed by atoms with Crippen LogP contribution in [0.4, 0.5) is 0 Å². The van der Waals surface area contributed by atoms with Gasteiger partial charge in [-0.05, 0) is 55.3 Å². The Morgan fingerprint density at radius 2 is 2.07 bits per heavy atom. The number of rotatable bonds is 2. The first-order valence-electron chi connectivity index (χ1n) is 6.58. The van der Waals surface area contributed by atoms with Gasteiger partial charge >= 0.3 is 0 Å². The van der Waals surface area contributed by atoms with E-state index in [0.717, 1.165) is 23.2 Å². The summed E-state index contributed by atoms with van der Waals surface area (Å²) in [7, 11) is 3.86. The molecule has 76 valence electrons. The zero-order valence-corrected chi connectivity index (χ0v) is 9.97. The maximum absolute atomic E-state index is 2.49. The third-order valence-electron chi connectivity index (χ3n) is 6.21. The second kappa shape index (κ2) is 2.62. The highest BCUT2D eigenvalue weighted by Crippen LogP contribution is 2.75. The maximum Gasteiger partial charge on any atom is 0.115 e. The summed E-state index contributed by atoms with van der Waals surface area (Å²) in [6.07, 6.45) is 7.89. The third-order valence-corrected chi connectivity index (χ3v) is 6.21. The summed E-state index contributed by atoms with van der Waals surface area (Å²) in [6.45, 7) is 4.86. The third kappa shape index (κ3) is 1.03. The van der Waals surface area contributed by atoms with Crippen LogP contribution in [-0.4, -0.2) is 15.1 Å². The summed E-state index contributed by atoms with van der Waals surface area (Å²) in [5.74, 6) is 3.35. The standard InChI is InChI=1S/C12H22B2/c1-11(13,14-2)9-5-8-3-4-12(8)7-10(12)6-9/h8-10,14H,3-7,13H2,1-2H3. The molecule has 3 saturated carbocycles. The average molecular weight is 188 g/mol. The lowest BCUT2D eigenvalue weighted by Gasteiger charge is -2.48. The molecule has 0 amide bonds. The van der Waals surface area contributed by atoms with Crippen LogP contribution in [0.3, 0.4) is 0 Å². The minimum Gasteiger partial charge on any atom is -0.0895 e. The van der Waals surface area contributed by atoms with Gasteiger partial charge in [-0.1, -0.05) is 19.0 Å². The molecule has 0 nitrogen and oxygen atoms in total. The number of hydrogen-bond acceptors (Lipinski definition) is 0. The molecular weight excluding hydrogens is 166 g/mol. The van der Waals surface area contributed by atoms with Gasteiger partial charge in [-0.2, -0.15) is 0 Å². The summed E-state index contributed by atoms with van der Waals surface area (Å²) in [6, 6.07) is 0. The van der Waals surface area contributed by atoms with Crippen LogP contribution in [0.5, 0.6) is 0 Å². The van der Waals surface area contributed by atoms with E-state index in [-0.39, 0.29) is 0 Å². The fraction of sp³-hybridized carbons (Fsp3) is 1.00. The second-order valence-corrected chi connectivity index (χ2v) is 6.88. The highest BCUT2D eigenvalue weighted by molar-refractivity contribution is 6.52. The smallest absolute Gasteiger partial charge is 0.0895 e. The van der Waals surface area contributed by atoms with Gasteiger partial charge in [0, 0.05) is 0 Å². The average Bonchev–Trinajstić information content (AvgIpc) is 2.86. The fourth-order valence-corrected chi connectivity index (χ4v) is 4.31. The molecule has 5 unspecified atom stereocenters. The van der Waals surface area contributed by atoms with Crippen molar-refractivity contribution in [1.82, 2.24) is 0 Å². The summed E-state index contributed by atoms with van der Waals surface area (Å²) in [5.41, 5.74) is 0.931. The predicted molar refractivity (Wildman–Crippen MR) is 65.9 cm³/mol. The minimum absolute atomic E-state index is 0.615.